The lowest BCUT2D eigenvalue weighted by Crippen LogP contribution is -2.33. The highest BCUT2D eigenvalue weighted by atomic mass is 19.1. The smallest absolute Gasteiger partial charge is 0.128 e. The van der Waals surface area contributed by atoms with E-state index < -0.39 is 11.6 Å². The Morgan fingerprint density at radius 3 is 2.61 bits per heavy atom. The quantitative estimate of drug-likeness (QED) is 0.815. The third kappa shape index (κ3) is 4.33. The fraction of sp³-hybridized carbons (Fsp3) is 0.538. The molecular formula is C13H19F2NO2. The number of halogens is 2. The van der Waals surface area contributed by atoms with E-state index in [0.717, 1.165) is 12.1 Å². The maximum Gasteiger partial charge on any atom is 0.128 e. The molecule has 1 N–H and O–H groups in total. The van der Waals surface area contributed by atoms with E-state index in [0.29, 0.717) is 18.7 Å². The average Bonchev–Trinajstić information content (AvgIpc) is 2.37. The Balaban J connectivity index is 2.59. The SMILES string of the molecule is COCC(CNC(C)c1cc(F)ccc1F)OC. The number of methoxy groups -OCH3 is 2. The molecule has 0 heterocycles. The van der Waals surface area contributed by atoms with Crippen molar-refractivity contribution < 1.29 is 18.3 Å². The summed E-state index contributed by atoms with van der Waals surface area (Å²) in [5.74, 6) is -0.864. The Morgan fingerprint density at radius 1 is 1.28 bits per heavy atom. The van der Waals surface area contributed by atoms with E-state index in [1.165, 1.54) is 6.07 Å². The lowest BCUT2D eigenvalue weighted by molar-refractivity contribution is 0.0276. The van der Waals surface area contributed by atoms with Gasteiger partial charge < -0.3 is 14.8 Å². The first-order chi connectivity index (χ1) is 8.58. The molecule has 0 aromatic heterocycles. The Morgan fingerprint density at radius 2 is 2.00 bits per heavy atom. The van der Waals surface area contributed by atoms with Crippen molar-refractivity contribution >= 4 is 0 Å². The third-order valence-corrected chi connectivity index (χ3v) is 2.76. The van der Waals surface area contributed by atoms with Gasteiger partial charge in [0.2, 0.25) is 0 Å². The molecule has 0 aliphatic rings. The molecule has 2 unspecified atom stereocenters. The topological polar surface area (TPSA) is 30.5 Å². The minimum Gasteiger partial charge on any atom is -0.382 e. The first-order valence-electron chi connectivity index (χ1n) is 5.78. The number of rotatable bonds is 7. The summed E-state index contributed by atoms with van der Waals surface area (Å²) in [6, 6.07) is 3.14. The van der Waals surface area contributed by atoms with Crippen LogP contribution >= 0.6 is 0 Å². The molecule has 1 aromatic rings. The Labute approximate surface area is 106 Å². The van der Waals surface area contributed by atoms with Crippen LogP contribution < -0.4 is 5.32 Å². The minimum absolute atomic E-state index is 0.117. The van der Waals surface area contributed by atoms with Crippen LogP contribution in [0.5, 0.6) is 0 Å². The standard InChI is InChI=1S/C13H19F2NO2/c1-9(16-7-11(18-3)8-17-2)12-6-10(14)4-5-13(12)15/h4-6,9,11,16H,7-8H2,1-3H3. The lowest BCUT2D eigenvalue weighted by atomic mass is 10.1. The molecule has 102 valence electrons. The second-order valence-electron chi connectivity index (χ2n) is 4.11. The van der Waals surface area contributed by atoms with Gasteiger partial charge in [0, 0.05) is 32.4 Å². The molecule has 0 saturated carbocycles. The number of benzene rings is 1. The van der Waals surface area contributed by atoms with Crippen molar-refractivity contribution in [3.8, 4) is 0 Å². The second kappa shape index (κ2) is 7.41. The predicted octanol–water partition coefficient (Wildman–Crippen LogP) is 2.28. The monoisotopic (exact) mass is 259 g/mol. The Bertz CT molecular complexity index is 374. The van der Waals surface area contributed by atoms with Crippen LogP contribution in [0.4, 0.5) is 8.78 Å². The first kappa shape index (κ1) is 15.0. The molecule has 0 bridgehead atoms. The highest BCUT2D eigenvalue weighted by Crippen LogP contribution is 2.17. The van der Waals surface area contributed by atoms with E-state index >= 15 is 0 Å². The Hall–Kier alpha value is -1.04. The third-order valence-electron chi connectivity index (χ3n) is 2.76. The molecule has 0 fully saturated rings. The highest BCUT2D eigenvalue weighted by molar-refractivity contribution is 5.21. The number of hydrogen-bond acceptors (Lipinski definition) is 3. The predicted molar refractivity (Wildman–Crippen MR) is 65.4 cm³/mol. The van der Waals surface area contributed by atoms with Crippen LogP contribution in [0, 0.1) is 11.6 Å². The molecule has 0 amide bonds. The van der Waals surface area contributed by atoms with Crippen molar-refractivity contribution in [2.75, 3.05) is 27.4 Å². The molecule has 2 atom stereocenters. The maximum atomic E-state index is 13.5. The molecule has 0 radical (unpaired) electrons. The van der Waals surface area contributed by atoms with Crippen LogP contribution in [0.1, 0.15) is 18.5 Å². The van der Waals surface area contributed by atoms with Crippen molar-refractivity contribution in [2.24, 2.45) is 0 Å². The van der Waals surface area contributed by atoms with Crippen molar-refractivity contribution in [3.63, 3.8) is 0 Å². The van der Waals surface area contributed by atoms with Gasteiger partial charge >= 0.3 is 0 Å². The highest BCUT2D eigenvalue weighted by Gasteiger charge is 2.14. The van der Waals surface area contributed by atoms with E-state index in [9.17, 15) is 8.78 Å². The van der Waals surface area contributed by atoms with E-state index in [1.807, 2.05) is 0 Å². The normalized spacial score (nSPS) is 14.5. The minimum atomic E-state index is -0.444. The number of nitrogens with one attached hydrogen (secondary N) is 1. The zero-order valence-corrected chi connectivity index (χ0v) is 10.9. The van der Waals surface area contributed by atoms with Gasteiger partial charge in [-0.1, -0.05) is 0 Å². The second-order valence-corrected chi connectivity index (χ2v) is 4.11. The summed E-state index contributed by atoms with van der Waals surface area (Å²) >= 11 is 0. The Kier molecular flexibility index (Phi) is 6.18. The van der Waals surface area contributed by atoms with Crippen molar-refractivity contribution in [1.82, 2.24) is 5.32 Å². The first-order valence-corrected chi connectivity index (χ1v) is 5.78. The van der Waals surface area contributed by atoms with Crippen LogP contribution in [0.2, 0.25) is 0 Å². The van der Waals surface area contributed by atoms with Crippen LogP contribution in [0.25, 0.3) is 0 Å². The molecule has 3 nitrogen and oxygen atoms in total. The van der Waals surface area contributed by atoms with Crippen LogP contribution in [-0.2, 0) is 9.47 Å². The van der Waals surface area contributed by atoms with Crippen LogP contribution in [0.3, 0.4) is 0 Å². The molecule has 18 heavy (non-hydrogen) atoms. The summed E-state index contributed by atoms with van der Waals surface area (Å²) in [7, 11) is 3.17. The van der Waals surface area contributed by atoms with Gasteiger partial charge in [0.05, 0.1) is 12.7 Å². The van der Waals surface area contributed by atoms with Gasteiger partial charge in [-0.3, -0.25) is 0 Å². The molecule has 0 saturated heterocycles. The summed E-state index contributed by atoms with van der Waals surface area (Å²) in [4.78, 5) is 0. The van der Waals surface area contributed by atoms with Crippen molar-refractivity contribution in [3.05, 3.63) is 35.4 Å². The molecule has 0 aliphatic heterocycles. The molecular weight excluding hydrogens is 240 g/mol. The van der Waals surface area contributed by atoms with E-state index in [1.54, 1.807) is 21.1 Å². The number of hydrogen-bond donors (Lipinski definition) is 1. The molecule has 1 rings (SSSR count). The van der Waals surface area contributed by atoms with Gasteiger partial charge in [-0.25, -0.2) is 8.78 Å². The van der Waals surface area contributed by atoms with Gasteiger partial charge in [0.1, 0.15) is 11.6 Å². The summed E-state index contributed by atoms with van der Waals surface area (Å²) in [5.41, 5.74) is 0.308. The van der Waals surface area contributed by atoms with E-state index in [4.69, 9.17) is 9.47 Å². The van der Waals surface area contributed by atoms with Crippen LogP contribution in [0.15, 0.2) is 18.2 Å². The van der Waals surface area contributed by atoms with Gasteiger partial charge in [0.15, 0.2) is 0 Å². The maximum absolute atomic E-state index is 13.5. The van der Waals surface area contributed by atoms with Crippen molar-refractivity contribution in [2.45, 2.75) is 19.1 Å². The molecule has 1 aromatic carbocycles. The zero-order chi connectivity index (χ0) is 13.5. The lowest BCUT2D eigenvalue weighted by Gasteiger charge is -2.20. The van der Waals surface area contributed by atoms with Gasteiger partial charge in [-0.15, -0.1) is 0 Å². The summed E-state index contributed by atoms with van der Waals surface area (Å²) in [6.45, 7) is 2.72. The van der Waals surface area contributed by atoms with E-state index in [2.05, 4.69) is 5.32 Å². The fourth-order valence-corrected chi connectivity index (χ4v) is 1.66. The van der Waals surface area contributed by atoms with Crippen LogP contribution in [-0.4, -0.2) is 33.5 Å². The number of ether oxygens (including phenoxy) is 2. The summed E-state index contributed by atoms with van der Waals surface area (Å²) < 4.78 is 36.7. The van der Waals surface area contributed by atoms with Gasteiger partial charge in [-0.05, 0) is 25.1 Å². The average molecular weight is 259 g/mol. The van der Waals surface area contributed by atoms with Gasteiger partial charge in [0.25, 0.3) is 0 Å². The summed E-state index contributed by atoms with van der Waals surface area (Å²) in [5, 5.41) is 3.09. The zero-order valence-electron chi connectivity index (χ0n) is 10.9. The van der Waals surface area contributed by atoms with Gasteiger partial charge in [-0.2, -0.15) is 0 Å². The van der Waals surface area contributed by atoms with E-state index in [-0.39, 0.29) is 12.1 Å². The molecule has 0 spiro atoms. The molecule has 5 heteroatoms. The summed E-state index contributed by atoms with van der Waals surface area (Å²) in [6.07, 6.45) is -0.117. The van der Waals surface area contributed by atoms with Crippen molar-refractivity contribution in [1.29, 1.82) is 0 Å². The molecule has 0 aliphatic carbocycles. The largest absolute Gasteiger partial charge is 0.382 e. The fourth-order valence-electron chi connectivity index (χ4n) is 1.66.